The van der Waals surface area contributed by atoms with Crippen LogP contribution >= 0.6 is 0 Å². The summed E-state index contributed by atoms with van der Waals surface area (Å²) in [5.74, 6) is 0.734. The van der Waals surface area contributed by atoms with Gasteiger partial charge in [-0.1, -0.05) is 0 Å². The van der Waals surface area contributed by atoms with Crippen molar-refractivity contribution >= 4 is 17.4 Å². The van der Waals surface area contributed by atoms with E-state index in [0.29, 0.717) is 11.3 Å². The van der Waals surface area contributed by atoms with Gasteiger partial charge in [0.1, 0.15) is 6.04 Å². The molecule has 16 heavy (non-hydrogen) atoms. The van der Waals surface area contributed by atoms with Gasteiger partial charge >= 0.3 is 0 Å². The van der Waals surface area contributed by atoms with Gasteiger partial charge in [0, 0.05) is 12.7 Å². The second-order valence-electron chi connectivity index (χ2n) is 3.82. The minimum absolute atomic E-state index is 0.0359. The first-order chi connectivity index (χ1) is 7.67. The molecule has 0 spiro atoms. The molecule has 1 atom stereocenters. The number of pyridine rings is 1. The summed E-state index contributed by atoms with van der Waals surface area (Å²) in [6.07, 6.45) is 1.63. The molecule has 5 nitrogen and oxygen atoms in total. The van der Waals surface area contributed by atoms with Gasteiger partial charge in [0.05, 0.1) is 12.3 Å². The van der Waals surface area contributed by atoms with E-state index in [4.69, 9.17) is 5.11 Å². The van der Waals surface area contributed by atoms with Crippen LogP contribution in [0.2, 0.25) is 0 Å². The molecule has 0 aliphatic carbocycles. The molecule has 1 unspecified atom stereocenters. The molecule has 1 aliphatic heterocycles. The van der Waals surface area contributed by atoms with Crippen molar-refractivity contribution in [1.29, 1.82) is 0 Å². The number of likely N-dealkylation sites (N-methyl/N-ethyl adjacent to an activating group) is 1. The predicted octanol–water partition coefficient (Wildman–Crippen LogP) is 0.741. The van der Waals surface area contributed by atoms with Gasteiger partial charge in [0.25, 0.3) is 0 Å². The van der Waals surface area contributed by atoms with Crippen molar-refractivity contribution in [1.82, 2.24) is 4.98 Å². The minimum atomic E-state index is -0.204. The maximum absolute atomic E-state index is 11.7. The first-order valence-corrected chi connectivity index (χ1v) is 5.34. The van der Waals surface area contributed by atoms with E-state index in [2.05, 4.69) is 10.3 Å². The molecule has 2 heterocycles. The highest BCUT2D eigenvalue weighted by Gasteiger charge is 2.29. The van der Waals surface area contributed by atoms with Crippen LogP contribution in [0, 0.1) is 0 Å². The van der Waals surface area contributed by atoms with Gasteiger partial charge in [-0.3, -0.25) is 4.79 Å². The average Bonchev–Trinajstić information content (AvgIpc) is 2.30. The van der Waals surface area contributed by atoms with Crippen LogP contribution in [-0.2, 0) is 11.4 Å². The van der Waals surface area contributed by atoms with Crippen LogP contribution in [0.1, 0.15) is 19.4 Å². The number of nitrogens with zero attached hydrogens (tertiary/aromatic N) is 2. The molecule has 0 fully saturated rings. The molecule has 2 N–H and O–H groups in total. The van der Waals surface area contributed by atoms with Crippen molar-refractivity contribution in [2.24, 2.45) is 0 Å². The molecule has 1 amide bonds. The molecule has 0 radical (unpaired) electrons. The third-order valence-electron chi connectivity index (χ3n) is 2.82. The average molecular weight is 221 g/mol. The lowest BCUT2D eigenvalue weighted by molar-refractivity contribution is -0.117. The van der Waals surface area contributed by atoms with Crippen LogP contribution < -0.4 is 10.2 Å². The van der Waals surface area contributed by atoms with Crippen LogP contribution in [0.3, 0.4) is 0 Å². The van der Waals surface area contributed by atoms with Gasteiger partial charge in [-0.05, 0) is 25.5 Å². The van der Waals surface area contributed by atoms with Crippen LogP contribution in [0.15, 0.2) is 12.3 Å². The number of anilines is 2. The summed E-state index contributed by atoms with van der Waals surface area (Å²) in [5, 5.41) is 11.8. The van der Waals surface area contributed by atoms with Gasteiger partial charge in [0.2, 0.25) is 5.91 Å². The number of amides is 1. The van der Waals surface area contributed by atoms with Crippen molar-refractivity contribution in [3.63, 3.8) is 0 Å². The highest BCUT2D eigenvalue weighted by Crippen LogP contribution is 2.30. The maximum Gasteiger partial charge on any atom is 0.246 e. The molecular weight excluding hydrogens is 206 g/mol. The molecule has 1 aromatic rings. The van der Waals surface area contributed by atoms with Crippen LogP contribution in [0.4, 0.5) is 11.5 Å². The lowest BCUT2D eigenvalue weighted by atomic mass is 10.1. The highest BCUT2D eigenvalue weighted by molar-refractivity contribution is 6.02. The maximum atomic E-state index is 11.7. The van der Waals surface area contributed by atoms with Gasteiger partial charge < -0.3 is 15.3 Å². The van der Waals surface area contributed by atoms with Crippen molar-refractivity contribution in [3.05, 3.63) is 17.8 Å². The first kappa shape index (κ1) is 10.9. The van der Waals surface area contributed by atoms with Gasteiger partial charge in [-0.25, -0.2) is 4.98 Å². The number of aliphatic hydroxyl groups excluding tert-OH is 1. The monoisotopic (exact) mass is 221 g/mol. The van der Waals surface area contributed by atoms with E-state index in [9.17, 15) is 4.79 Å². The van der Waals surface area contributed by atoms with Crippen LogP contribution in [0.25, 0.3) is 0 Å². The number of nitrogens with one attached hydrogen (secondary N) is 1. The highest BCUT2D eigenvalue weighted by atomic mass is 16.3. The quantitative estimate of drug-likeness (QED) is 0.773. The molecule has 5 heteroatoms. The summed E-state index contributed by atoms with van der Waals surface area (Å²) in [6.45, 7) is 4.49. The summed E-state index contributed by atoms with van der Waals surface area (Å²) in [5.41, 5.74) is 1.38. The lowest BCUT2D eigenvalue weighted by Crippen LogP contribution is -2.46. The molecule has 0 saturated carbocycles. The lowest BCUT2D eigenvalue weighted by Gasteiger charge is -2.34. The smallest absolute Gasteiger partial charge is 0.246 e. The number of hydrogen-bond acceptors (Lipinski definition) is 4. The fourth-order valence-electron chi connectivity index (χ4n) is 1.89. The number of rotatable bonds is 2. The molecule has 2 rings (SSSR count). The Morgan fingerprint density at radius 1 is 1.62 bits per heavy atom. The molecule has 86 valence electrons. The van der Waals surface area contributed by atoms with E-state index >= 15 is 0 Å². The molecule has 1 aromatic heterocycles. The number of aromatic nitrogens is 1. The SMILES string of the molecule is CCN1c2ncc(CO)cc2NC(=O)C1C. The third kappa shape index (κ3) is 1.63. The fourth-order valence-corrected chi connectivity index (χ4v) is 1.89. The second-order valence-corrected chi connectivity index (χ2v) is 3.82. The zero-order valence-corrected chi connectivity index (χ0v) is 9.40. The molecule has 0 aromatic carbocycles. The summed E-state index contributed by atoms with van der Waals surface area (Å²) in [7, 11) is 0. The number of fused-ring (bicyclic) bond motifs is 1. The summed E-state index contributed by atoms with van der Waals surface area (Å²) >= 11 is 0. The molecule has 0 bridgehead atoms. The summed E-state index contributed by atoms with van der Waals surface area (Å²) in [4.78, 5) is 17.9. The van der Waals surface area contributed by atoms with Gasteiger partial charge in [-0.2, -0.15) is 0 Å². The number of carbonyl (C=O) groups is 1. The Labute approximate surface area is 94.1 Å². The van der Waals surface area contributed by atoms with E-state index in [0.717, 1.165) is 12.4 Å². The predicted molar refractivity (Wildman–Crippen MR) is 61.3 cm³/mol. The Morgan fingerprint density at radius 3 is 3.00 bits per heavy atom. The van der Waals surface area contributed by atoms with Gasteiger partial charge in [-0.15, -0.1) is 0 Å². The zero-order valence-electron chi connectivity index (χ0n) is 9.40. The Bertz CT molecular complexity index is 420. The van der Waals surface area contributed by atoms with Crippen molar-refractivity contribution in [3.8, 4) is 0 Å². The topological polar surface area (TPSA) is 65.5 Å². The Balaban J connectivity index is 2.46. The summed E-state index contributed by atoms with van der Waals surface area (Å²) < 4.78 is 0. The summed E-state index contributed by atoms with van der Waals surface area (Å²) in [6, 6.07) is 1.55. The second kappa shape index (κ2) is 4.09. The fraction of sp³-hybridized carbons (Fsp3) is 0.455. The van der Waals surface area contributed by atoms with E-state index in [-0.39, 0.29) is 18.6 Å². The Kier molecular flexibility index (Phi) is 2.78. The van der Waals surface area contributed by atoms with Gasteiger partial charge in [0.15, 0.2) is 5.82 Å². The van der Waals surface area contributed by atoms with E-state index in [1.54, 1.807) is 12.3 Å². The minimum Gasteiger partial charge on any atom is -0.392 e. The third-order valence-corrected chi connectivity index (χ3v) is 2.82. The van der Waals surface area contributed by atoms with E-state index in [1.165, 1.54) is 0 Å². The Hall–Kier alpha value is -1.62. The van der Waals surface area contributed by atoms with E-state index < -0.39 is 0 Å². The Morgan fingerprint density at radius 2 is 2.38 bits per heavy atom. The first-order valence-electron chi connectivity index (χ1n) is 5.34. The standard InChI is InChI=1S/C11H15N3O2/c1-3-14-7(2)11(16)13-9-4-8(6-15)5-12-10(9)14/h4-5,7,15H,3,6H2,1-2H3,(H,13,16). The van der Waals surface area contributed by atoms with Crippen molar-refractivity contribution in [2.45, 2.75) is 26.5 Å². The normalized spacial score (nSPS) is 19.3. The number of hydrogen-bond donors (Lipinski definition) is 2. The molecular formula is C11H15N3O2. The largest absolute Gasteiger partial charge is 0.392 e. The van der Waals surface area contributed by atoms with Crippen molar-refractivity contribution in [2.75, 3.05) is 16.8 Å². The van der Waals surface area contributed by atoms with Crippen LogP contribution in [-0.4, -0.2) is 28.6 Å². The van der Waals surface area contributed by atoms with Crippen LogP contribution in [0.5, 0.6) is 0 Å². The van der Waals surface area contributed by atoms with Crippen molar-refractivity contribution < 1.29 is 9.90 Å². The molecule has 1 aliphatic rings. The zero-order chi connectivity index (χ0) is 11.7. The molecule has 0 saturated heterocycles. The number of carbonyl (C=O) groups excluding carboxylic acids is 1. The van der Waals surface area contributed by atoms with E-state index in [1.807, 2.05) is 18.7 Å². The number of aliphatic hydroxyl groups is 1.